The van der Waals surface area contributed by atoms with Crippen molar-refractivity contribution in [2.45, 2.75) is 13.1 Å². The van der Waals surface area contributed by atoms with E-state index in [1.807, 2.05) is 10.7 Å². The summed E-state index contributed by atoms with van der Waals surface area (Å²) in [6, 6.07) is 2.00. The molecule has 2 aromatic heterocycles. The minimum atomic E-state index is 0.756. The van der Waals surface area contributed by atoms with Gasteiger partial charge in [0.2, 0.25) is 0 Å². The van der Waals surface area contributed by atoms with Crippen LogP contribution >= 0.6 is 11.6 Å². The van der Waals surface area contributed by atoms with Gasteiger partial charge in [-0.15, -0.1) is 0 Å². The van der Waals surface area contributed by atoms with Gasteiger partial charge in [-0.25, -0.2) is 4.98 Å². The summed E-state index contributed by atoms with van der Waals surface area (Å²) >= 11 is 6.16. The molecule has 3 heterocycles. The second kappa shape index (κ2) is 6.98. The van der Waals surface area contributed by atoms with E-state index in [0.717, 1.165) is 56.4 Å². The molecule has 0 saturated carbocycles. The summed E-state index contributed by atoms with van der Waals surface area (Å²) in [4.78, 5) is 12.9. The minimum absolute atomic E-state index is 0.756. The standard InChI is InChI=1S/C14H19ClN6/c15-14-9-16-2-1-13(14)10-20-5-3-19(4-6-20)7-8-21-12-17-11-18-21/h1-2,9,11-12H,3-8,10H2. The predicted octanol–water partition coefficient (Wildman–Crippen LogP) is 1.14. The number of rotatable bonds is 5. The fourth-order valence-corrected chi connectivity index (χ4v) is 2.72. The van der Waals surface area contributed by atoms with E-state index in [-0.39, 0.29) is 0 Å². The smallest absolute Gasteiger partial charge is 0.137 e. The highest BCUT2D eigenvalue weighted by Crippen LogP contribution is 2.16. The number of hydrogen-bond donors (Lipinski definition) is 0. The van der Waals surface area contributed by atoms with Crippen LogP contribution in [0.25, 0.3) is 0 Å². The molecule has 0 bridgehead atoms. The fourth-order valence-electron chi connectivity index (χ4n) is 2.54. The molecule has 1 fully saturated rings. The molecule has 0 radical (unpaired) electrons. The van der Waals surface area contributed by atoms with E-state index in [2.05, 4.69) is 24.9 Å². The Hall–Kier alpha value is -1.50. The average molecular weight is 307 g/mol. The Bertz CT molecular complexity index is 550. The Balaban J connectivity index is 1.44. The quantitative estimate of drug-likeness (QED) is 0.829. The highest BCUT2D eigenvalue weighted by atomic mass is 35.5. The number of aromatic nitrogens is 4. The molecule has 0 aromatic carbocycles. The number of hydrogen-bond acceptors (Lipinski definition) is 5. The second-order valence-corrected chi connectivity index (χ2v) is 5.65. The molecule has 112 valence electrons. The molecule has 1 saturated heterocycles. The largest absolute Gasteiger partial charge is 0.299 e. The highest BCUT2D eigenvalue weighted by molar-refractivity contribution is 6.31. The van der Waals surface area contributed by atoms with Crippen LogP contribution in [0.2, 0.25) is 5.02 Å². The second-order valence-electron chi connectivity index (χ2n) is 5.24. The van der Waals surface area contributed by atoms with Gasteiger partial charge in [-0.2, -0.15) is 5.10 Å². The van der Waals surface area contributed by atoms with E-state index in [0.29, 0.717) is 0 Å². The molecular weight excluding hydrogens is 288 g/mol. The first-order chi connectivity index (χ1) is 10.3. The molecule has 0 N–H and O–H groups in total. The zero-order valence-electron chi connectivity index (χ0n) is 11.9. The van der Waals surface area contributed by atoms with Crippen molar-refractivity contribution >= 4 is 11.6 Å². The number of halogens is 1. The first-order valence-electron chi connectivity index (χ1n) is 7.17. The average Bonchev–Trinajstić information content (AvgIpc) is 3.02. The number of nitrogens with zero attached hydrogens (tertiary/aromatic N) is 6. The molecule has 1 aliphatic rings. The van der Waals surface area contributed by atoms with Gasteiger partial charge in [-0.3, -0.25) is 19.5 Å². The SMILES string of the molecule is Clc1cnccc1CN1CCN(CCn2cncn2)CC1. The zero-order chi connectivity index (χ0) is 14.5. The summed E-state index contributed by atoms with van der Waals surface area (Å²) in [7, 11) is 0. The molecule has 0 spiro atoms. The lowest BCUT2D eigenvalue weighted by molar-refractivity contribution is 0.123. The van der Waals surface area contributed by atoms with E-state index in [1.165, 1.54) is 0 Å². The first kappa shape index (κ1) is 14.4. The molecule has 0 amide bonds. The van der Waals surface area contributed by atoms with Gasteiger partial charge in [0.15, 0.2) is 0 Å². The van der Waals surface area contributed by atoms with Crippen LogP contribution < -0.4 is 0 Å². The van der Waals surface area contributed by atoms with Crippen molar-refractivity contribution in [2.24, 2.45) is 0 Å². The monoisotopic (exact) mass is 306 g/mol. The van der Waals surface area contributed by atoms with Crippen LogP contribution in [0.4, 0.5) is 0 Å². The van der Waals surface area contributed by atoms with E-state index in [4.69, 9.17) is 11.6 Å². The number of pyridine rings is 1. The van der Waals surface area contributed by atoms with Crippen molar-refractivity contribution in [3.63, 3.8) is 0 Å². The predicted molar refractivity (Wildman–Crippen MR) is 81.0 cm³/mol. The molecule has 21 heavy (non-hydrogen) atoms. The molecule has 1 aliphatic heterocycles. The Morgan fingerprint density at radius 2 is 1.86 bits per heavy atom. The van der Waals surface area contributed by atoms with Crippen molar-refractivity contribution in [1.29, 1.82) is 0 Å². The van der Waals surface area contributed by atoms with Gasteiger partial charge < -0.3 is 0 Å². The topological polar surface area (TPSA) is 50.1 Å². The van der Waals surface area contributed by atoms with Gasteiger partial charge in [0.1, 0.15) is 12.7 Å². The molecular formula is C14H19ClN6. The molecule has 3 rings (SSSR count). The van der Waals surface area contributed by atoms with Crippen LogP contribution in [0, 0.1) is 0 Å². The lowest BCUT2D eigenvalue weighted by Gasteiger charge is -2.34. The first-order valence-corrected chi connectivity index (χ1v) is 7.54. The fraction of sp³-hybridized carbons (Fsp3) is 0.500. The Morgan fingerprint density at radius 1 is 1.05 bits per heavy atom. The third kappa shape index (κ3) is 4.00. The van der Waals surface area contributed by atoms with Crippen LogP contribution in [0.3, 0.4) is 0 Å². The van der Waals surface area contributed by atoms with Gasteiger partial charge >= 0.3 is 0 Å². The lowest BCUT2D eigenvalue weighted by Crippen LogP contribution is -2.46. The summed E-state index contributed by atoms with van der Waals surface area (Å²) in [5, 5.41) is 4.88. The maximum atomic E-state index is 6.16. The molecule has 2 aromatic rings. The van der Waals surface area contributed by atoms with Gasteiger partial charge in [0, 0.05) is 51.7 Å². The third-order valence-electron chi connectivity index (χ3n) is 3.83. The van der Waals surface area contributed by atoms with Crippen molar-refractivity contribution in [1.82, 2.24) is 29.5 Å². The van der Waals surface area contributed by atoms with Crippen LogP contribution in [0.1, 0.15) is 5.56 Å². The van der Waals surface area contributed by atoms with Gasteiger partial charge in [-0.05, 0) is 11.6 Å². The summed E-state index contributed by atoms with van der Waals surface area (Å²) in [5.41, 5.74) is 1.16. The van der Waals surface area contributed by atoms with E-state index in [1.54, 1.807) is 25.0 Å². The molecule has 0 unspecified atom stereocenters. The highest BCUT2D eigenvalue weighted by Gasteiger charge is 2.17. The summed E-state index contributed by atoms with van der Waals surface area (Å²) in [5.74, 6) is 0. The Morgan fingerprint density at radius 3 is 2.57 bits per heavy atom. The van der Waals surface area contributed by atoms with Crippen LogP contribution in [-0.2, 0) is 13.1 Å². The van der Waals surface area contributed by atoms with E-state index < -0.39 is 0 Å². The number of piperazine rings is 1. The van der Waals surface area contributed by atoms with Crippen molar-refractivity contribution < 1.29 is 0 Å². The van der Waals surface area contributed by atoms with E-state index in [9.17, 15) is 0 Å². The van der Waals surface area contributed by atoms with Crippen LogP contribution in [0.15, 0.2) is 31.1 Å². The molecule has 7 heteroatoms. The van der Waals surface area contributed by atoms with Crippen LogP contribution in [0.5, 0.6) is 0 Å². The lowest BCUT2D eigenvalue weighted by atomic mass is 10.2. The summed E-state index contributed by atoms with van der Waals surface area (Å²) < 4.78 is 1.88. The van der Waals surface area contributed by atoms with Gasteiger partial charge in [0.05, 0.1) is 11.6 Å². The van der Waals surface area contributed by atoms with Crippen molar-refractivity contribution in [3.05, 3.63) is 41.7 Å². The van der Waals surface area contributed by atoms with Gasteiger partial charge in [0.25, 0.3) is 0 Å². The molecule has 6 nitrogen and oxygen atoms in total. The van der Waals surface area contributed by atoms with E-state index >= 15 is 0 Å². The molecule has 0 atom stereocenters. The Labute approximate surface area is 129 Å². The minimum Gasteiger partial charge on any atom is -0.299 e. The normalized spacial score (nSPS) is 17.2. The third-order valence-corrected chi connectivity index (χ3v) is 4.17. The Kier molecular flexibility index (Phi) is 4.80. The van der Waals surface area contributed by atoms with Crippen molar-refractivity contribution in [3.8, 4) is 0 Å². The van der Waals surface area contributed by atoms with Crippen molar-refractivity contribution in [2.75, 3.05) is 32.7 Å². The van der Waals surface area contributed by atoms with Gasteiger partial charge in [-0.1, -0.05) is 11.6 Å². The zero-order valence-corrected chi connectivity index (χ0v) is 12.7. The molecule has 0 aliphatic carbocycles. The summed E-state index contributed by atoms with van der Waals surface area (Å²) in [6.07, 6.45) is 6.86. The summed E-state index contributed by atoms with van der Waals surface area (Å²) in [6.45, 7) is 7.11. The maximum Gasteiger partial charge on any atom is 0.137 e. The van der Waals surface area contributed by atoms with Crippen LogP contribution in [-0.4, -0.2) is 62.3 Å². The maximum absolute atomic E-state index is 6.16.